The third-order valence-electron chi connectivity index (χ3n) is 4.15. The quantitative estimate of drug-likeness (QED) is 0.292. The fourth-order valence-electron chi connectivity index (χ4n) is 2.47. The number of carbonyl (C=O) groups is 1. The average Bonchev–Trinajstić information content (AvgIpc) is 3.14. The number of nitrogens with one attached hydrogen (secondary N) is 2. The number of guanidine groups is 1. The van der Waals surface area contributed by atoms with Crippen LogP contribution in [-0.2, 0) is 24.2 Å². The van der Waals surface area contributed by atoms with Crippen LogP contribution in [0.25, 0.3) is 0 Å². The second-order valence-electron chi connectivity index (χ2n) is 6.48. The highest BCUT2D eigenvalue weighted by molar-refractivity contribution is 14.0. The van der Waals surface area contributed by atoms with Crippen LogP contribution in [0.2, 0.25) is 5.02 Å². The molecule has 1 aromatic heterocycles. The molecule has 8 nitrogen and oxygen atoms in total. The van der Waals surface area contributed by atoms with Gasteiger partial charge in [0, 0.05) is 45.2 Å². The third kappa shape index (κ3) is 8.99. The van der Waals surface area contributed by atoms with Crippen molar-refractivity contribution in [2.24, 2.45) is 4.99 Å². The first kappa shape index (κ1) is 25.2. The van der Waals surface area contributed by atoms with Crippen molar-refractivity contribution < 1.29 is 4.79 Å². The molecule has 0 saturated heterocycles. The first-order chi connectivity index (χ1) is 13.5. The van der Waals surface area contributed by atoms with Crippen molar-refractivity contribution in [3.05, 3.63) is 47.0 Å². The lowest BCUT2D eigenvalue weighted by Gasteiger charge is -2.14. The molecule has 0 saturated carbocycles. The number of likely N-dealkylation sites (N-methyl/N-ethyl adjacent to an activating group) is 1. The normalized spacial score (nSPS) is 11.0. The lowest BCUT2D eigenvalue weighted by atomic mass is 10.1. The molecule has 2 rings (SSSR count). The van der Waals surface area contributed by atoms with Crippen LogP contribution >= 0.6 is 35.6 Å². The molecule has 2 N–H and O–H groups in total. The van der Waals surface area contributed by atoms with Gasteiger partial charge in [0.1, 0.15) is 18.7 Å². The highest BCUT2D eigenvalue weighted by Crippen LogP contribution is 2.09. The number of hydrogen-bond donors (Lipinski definition) is 2. The van der Waals surface area contributed by atoms with Crippen LogP contribution in [0.1, 0.15) is 18.3 Å². The summed E-state index contributed by atoms with van der Waals surface area (Å²) in [5.74, 6) is 1.50. The van der Waals surface area contributed by atoms with Gasteiger partial charge in [-0.05, 0) is 24.1 Å². The molecule has 1 amide bonds. The zero-order valence-electron chi connectivity index (χ0n) is 17.1. The fourth-order valence-corrected chi connectivity index (χ4v) is 2.60. The number of benzene rings is 1. The van der Waals surface area contributed by atoms with E-state index in [0.29, 0.717) is 19.0 Å². The maximum Gasteiger partial charge on any atom is 0.243 e. The van der Waals surface area contributed by atoms with Crippen LogP contribution in [0.5, 0.6) is 0 Å². The molecule has 2 aromatic rings. The van der Waals surface area contributed by atoms with Gasteiger partial charge in [-0.2, -0.15) is 0 Å². The van der Waals surface area contributed by atoms with Gasteiger partial charge in [-0.15, -0.1) is 34.2 Å². The van der Waals surface area contributed by atoms with E-state index in [1.54, 1.807) is 20.4 Å². The molecule has 0 aliphatic carbocycles. The minimum Gasteiger partial charge on any atom is -0.356 e. The second kappa shape index (κ2) is 13.4. The van der Waals surface area contributed by atoms with Crippen molar-refractivity contribution >= 4 is 47.4 Å². The van der Waals surface area contributed by atoms with Crippen LogP contribution in [0, 0.1) is 0 Å². The van der Waals surface area contributed by atoms with E-state index in [0.717, 1.165) is 30.2 Å². The van der Waals surface area contributed by atoms with Gasteiger partial charge in [0.05, 0.1) is 0 Å². The van der Waals surface area contributed by atoms with Crippen molar-refractivity contribution in [3.8, 4) is 0 Å². The number of aryl methyl sites for hydroxylation is 1. The molecule has 10 heteroatoms. The number of hydrogen-bond acceptors (Lipinski definition) is 4. The summed E-state index contributed by atoms with van der Waals surface area (Å²) in [5.41, 5.74) is 1.18. The van der Waals surface area contributed by atoms with E-state index in [4.69, 9.17) is 11.6 Å². The summed E-state index contributed by atoms with van der Waals surface area (Å²) in [6, 6.07) is 7.76. The van der Waals surface area contributed by atoms with Gasteiger partial charge < -0.3 is 20.1 Å². The lowest BCUT2D eigenvalue weighted by Crippen LogP contribution is -2.40. The topological polar surface area (TPSA) is 87.4 Å². The monoisotopic (exact) mass is 533 g/mol. The number of nitrogens with zero attached hydrogens (tertiary/aromatic N) is 5. The zero-order chi connectivity index (χ0) is 20.4. The van der Waals surface area contributed by atoms with Crippen molar-refractivity contribution in [3.63, 3.8) is 0 Å². The van der Waals surface area contributed by atoms with E-state index in [-0.39, 0.29) is 36.4 Å². The van der Waals surface area contributed by atoms with E-state index in [2.05, 4.69) is 25.8 Å². The maximum absolute atomic E-state index is 11.8. The number of rotatable bonds is 9. The summed E-state index contributed by atoms with van der Waals surface area (Å²) < 4.78 is 2.00. The molecular weight excluding hydrogens is 505 g/mol. The minimum atomic E-state index is -0.0501. The van der Waals surface area contributed by atoms with Crippen molar-refractivity contribution in [2.75, 3.05) is 33.7 Å². The van der Waals surface area contributed by atoms with Crippen molar-refractivity contribution in [2.45, 2.75) is 26.3 Å². The Bertz CT molecular complexity index is 777. The summed E-state index contributed by atoms with van der Waals surface area (Å²) in [6.07, 6.45) is 3.38. The molecule has 1 aromatic carbocycles. The van der Waals surface area contributed by atoms with Gasteiger partial charge in [-0.25, -0.2) is 4.99 Å². The molecule has 0 atom stereocenters. The van der Waals surface area contributed by atoms with Gasteiger partial charge in [-0.3, -0.25) is 4.79 Å². The Morgan fingerprint density at radius 2 is 1.90 bits per heavy atom. The summed E-state index contributed by atoms with van der Waals surface area (Å²) in [6.45, 7) is 4.20. The van der Waals surface area contributed by atoms with E-state index in [9.17, 15) is 4.79 Å². The Hall–Kier alpha value is -1.88. The van der Waals surface area contributed by atoms with E-state index >= 15 is 0 Å². The minimum absolute atomic E-state index is 0. The van der Waals surface area contributed by atoms with Gasteiger partial charge >= 0.3 is 0 Å². The van der Waals surface area contributed by atoms with Gasteiger partial charge in [-0.1, -0.05) is 30.7 Å². The average molecular weight is 534 g/mol. The Kier molecular flexibility index (Phi) is 11.6. The third-order valence-corrected chi connectivity index (χ3v) is 4.40. The van der Waals surface area contributed by atoms with Crippen LogP contribution in [0.4, 0.5) is 0 Å². The first-order valence-corrected chi connectivity index (χ1v) is 9.71. The molecule has 29 heavy (non-hydrogen) atoms. The van der Waals surface area contributed by atoms with E-state index < -0.39 is 0 Å². The summed E-state index contributed by atoms with van der Waals surface area (Å²) >= 11 is 5.92. The molecule has 0 fully saturated rings. The summed E-state index contributed by atoms with van der Waals surface area (Å²) in [4.78, 5) is 17.8. The SMILES string of the molecule is CCc1nncn1CCNC(=NCC(=O)N(C)C)NCCc1ccc(Cl)cc1.I. The molecular formula is C19H29ClIN7O. The van der Waals surface area contributed by atoms with E-state index in [1.165, 1.54) is 10.5 Å². The van der Waals surface area contributed by atoms with Crippen molar-refractivity contribution in [1.82, 2.24) is 30.3 Å². The summed E-state index contributed by atoms with van der Waals surface area (Å²) in [7, 11) is 3.44. The van der Waals surface area contributed by atoms with Crippen LogP contribution in [0.15, 0.2) is 35.6 Å². The van der Waals surface area contributed by atoms with Gasteiger partial charge in [0.25, 0.3) is 0 Å². The first-order valence-electron chi connectivity index (χ1n) is 9.33. The molecule has 1 heterocycles. The Balaban J connectivity index is 0.00000420. The van der Waals surface area contributed by atoms with Gasteiger partial charge in [0.15, 0.2) is 5.96 Å². The summed E-state index contributed by atoms with van der Waals surface area (Å²) in [5, 5.41) is 15.3. The van der Waals surface area contributed by atoms with Gasteiger partial charge in [0.2, 0.25) is 5.91 Å². The Labute approximate surface area is 194 Å². The number of aromatic nitrogens is 3. The number of aliphatic imine (C=N–C) groups is 1. The molecule has 0 aliphatic rings. The smallest absolute Gasteiger partial charge is 0.243 e. The predicted molar refractivity (Wildman–Crippen MR) is 127 cm³/mol. The number of carbonyl (C=O) groups excluding carboxylic acids is 1. The highest BCUT2D eigenvalue weighted by atomic mass is 127. The number of halogens is 2. The molecule has 160 valence electrons. The highest BCUT2D eigenvalue weighted by Gasteiger charge is 2.06. The van der Waals surface area contributed by atoms with Crippen LogP contribution < -0.4 is 10.6 Å². The Morgan fingerprint density at radius 1 is 1.21 bits per heavy atom. The standard InChI is InChI=1S/C19H28ClN7O.HI/c1-4-17-25-24-14-27(17)12-11-22-19(23-13-18(28)26(2)3)21-10-9-15-5-7-16(20)8-6-15;/h5-8,14H,4,9-13H2,1-3H3,(H2,21,22,23);1H. The molecule has 0 radical (unpaired) electrons. The fraction of sp³-hybridized carbons (Fsp3) is 0.474. The Morgan fingerprint density at radius 3 is 2.55 bits per heavy atom. The van der Waals surface area contributed by atoms with E-state index in [1.807, 2.05) is 35.8 Å². The van der Waals surface area contributed by atoms with Crippen molar-refractivity contribution in [1.29, 1.82) is 0 Å². The molecule has 0 unspecified atom stereocenters. The molecule has 0 spiro atoms. The number of amides is 1. The molecule has 0 aliphatic heterocycles. The largest absolute Gasteiger partial charge is 0.356 e. The van der Waals surface area contributed by atoms with Crippen LogP contribution in [-0.4, -0.2) is 65.3 Å². The second-order valence-corrected chi connectivity index (χ2v) is 6.91. The lowest BCUT2D eigenvalue weighted by molar-refractivity contribution is -0.127. The molecule has 0 bridgehead atoms. The zero-order valence-corrected chi connectivity index (χ0v) is 20.1. The predicted octanol–water partition coefficient (Wildman–Crippen LogP) is 1.98. The maximum atomic E-state index is 11.8. The van der Waals surface area contributed by atoms with Crippen LogP contribution in [0.3, 0.4) is 0 Å².